The number of rotatable bonds is 6. The maximum atomic E-state index is 12.2. The van der Waals surface area contributed by atoms with Crippen molar-refractivity contribution in [3.8, 4) is 5.82 Å². The summed E-state index contributed by atoms with van der Waals surface area (Å²) < 4.78 is 1.89. The molecule has 0 atom stereocenters. The summed E-state index contributed by atoms with van der Waals surface area (Å²) in [5, 5.41) is 2.88. The molecule has 0 saturated heterocycles. The zero-order valence-electron chi connectivity index (χ0n) is 14.4. The summed E-state index contributed by atoms with van der Waals surface area (Å²) in [6.45, 7) is 2.96. The molecule has 1 aromatic carbocycles. The van der Waals surface area contributed by atoms with Crippen LogP contribution < -0.4 is 5.32 Å². The van der Waals surface area contributed by atoms with E-state index in [0.29, 0.717) is 12.2 Å². The molecule has 1 N–H and O–H groups in total. The Kier molecular flexibility index (Phi) is 5.20. The molecule has 6 nitrogen and oxygen atoms in total. The van der Waals surface area contributed by atoms with Crippen molar-refractivity contribution in [2.24, 2.45) is 0 Å². The van der Waals surface area contributed by atoms with Gasteiger partial charge in [-0.2, -0.15) is 0 Å². The Balaban J connectivity index is 1.55. The largest absolute Gasteiger partial charge is 0.324 e. The number of anilines is 1. The van der Waals surface area contributed by atoms with Crippen molar-refractivity contribution in [1.82, 2.24) is 19.4 Å². The highest BCUT2D eigenvalue weighted by atomic mass is 16.2. The number of imidazole rings is 1. The SMILES string of the molecule is Cc1nccn1-c1ccc(NC(=O)CN(C)Cc2ccccc2)cn1. The third-order valence-corrected chi connectivity index (χ3v) is 3.81. The van der Waals surface area contributed by atoms with Gasteiger partial charge in [0.25, 0.3) is 0 Å². The third kappa shape index (κ3) is 4.51. The molecule has 128 valence electrons. The minimum Gasteiger partial charge on any atom is -0.324 e. The molecule has 0 aliphatic rings. The highest BCUT2D eigenvalue weighted by molar-refractivity contribution is 5.92. The van der Waals surface area contributed by atoms with Gasteiger partial charge in [0.2, 0.25) is 5.91 Å². The Morgan fingerprint density at radius 2 is 1.96 bits per heavy atom. The maximum Gasteiger partial charge on any atom is 0.238 e. The van der Waals surface area contributed by atoms with E-state index >= 15 is 0 Å². The third-order valence-electron chi connectivity index (χ3n) is 3.81. The quantitative estimate of drug-likeness (QED) is 0.752. The number of nitrogens with zero attached hydrogens (tertiary/aromatic N) is 4. The van der Waals surface area contributed by atoms with Gasteiger partial charge in [-0.1, -0.05) is 30.3 Å². The number of amides is 1. The fourth-order valence-corrected chi connectivity index (χ4v) is 2.62. The summed E-state index contributed by atoms with van der Waals surface area (Å²) in [6, 6.07) is 13.8. The molecular weight excluding hydrogens is 314 g/mol. The van der Waals surface area contributed by atoms with Crippen LogP contribution in [0.5, 0.6) is 0 Å². The smallest absolute Gasteiger partial charge is 0.238 e. The molecule has 1 amide bonds. The highest BCUT2D eigenvalue weighted by Gasteiger charge is 2.08. The molecule has 25 heavy (non-hydrogen) atoms. The first-order valence-corrected chi connectivity index (χ1v) is 8.10. The van der Waals surface area contributed by atoms with Gasteiger partial charge in [-0.25, -0.2) is 9.97 Å². The lowest BCUT2D eigenvalue weighted by atomic mass is 10.2. The fourth-order valence-electron chi connectivity index (χ4n) is 2.62. The summed E-state index contributed by atoms with van der Waals surface area (Å²) in [6.07, 6.45) is 5.24. The van der Waals surface area contributed by atoms with Crippen molar-refractivity contribution in [2.45, 2.75) is 13.5 Å². The van der Waals surface area contributed by atoms with Gasteiger partial charge in [0.1, 0.15) is 11.6 Å². The number of carbonyl (C=O) groups excluding carboxylic acids is 1. The molecular formula is C19H21N5O. The number of aromatic nitrogens is 3. The van der Waals surface area contributed by atoms with Crippen molar-refractivity contribution < 1.29 is 4.79 Å². The van der Waals surface area contributed by atoms with E-state index in [1.165, 1.54) is 5.56 Å². The molecule has 0 radical (unpaired) electrons. The van der Waals surface area contributed by atoms with Gasteiger partial charge in [-0.05, 0) is 31.7 Å². The summed E-state index contributed by atoms with van der Waals surface area (Å²) >= 11 is 0. The molecule has 2 aromatic heterocycles. The number of hydrogen-bond donors (Lipinski definition) is 1. The Bertz CT molecular complexity index is 827. The van der Waals surface area contributed by atoms with Gasteiger partial charge in [0.05, 0.1) is 18.4 Å². The van der Waals surface area contributed by atoms with Crippen LogP contribution in [0.2, 0.25) is 0 Å². The van der Waals surface area contributed by atoms with Crippen molar-refractivity contribution >= 4 is 11.6 Å². The predicted octanol–water partition coefficient (Wildman–Crippen LogP) is 2.65. The zero-order chi connectivity index (χ0) is 17.6. The topological polar surface area (TPSA) is 63.1 Å². The van der Waals surface area contributed by atoms with E-state index in [1.807, 2.05) is 60.0 Å². The molecule has 0 unspecified atom stereocenters. The molecule has 0 bridgehead atoms. The number of aryl methyl sites for hydroxylation is 1. The number of pyridine rings is 1. The Labute approximate surface area is 147 Å². The molecule has 0 saturated carbocycles. The maximum absolute atomic E-state index is 12.2. The monoisotopic (exact) mass is 335 g/mol. The van der Waals surface area contributed by atoms with Gasteiger partial charge in [0.15, 0.2) is 0 Å². The van der Waals surface area contributed by atoms with Crippen molar-refractivity contribution in [2.75, 3.05) is 18.9 Å². The van der Waals surface area contributed by atoms with Crippen molar-refractivity contribution in [1.29, 1.82) is 0 Å². The molecule has 6 heteroatoms. The van der Waals surface area contributed by atoms with Crippen LogP contribution in [0.3, 0.4) is 0 Å². The lowest BCUT2D eigenvalue weighted by Crippen LogP contribution is -2.29. The van der Waals surface area contributed by atoms with Gasteiger partial charge in [-0.15, -0.1) is 0 Å². The second-order valence-corrected chi connectivity index (χ2v) is 5.96. The van der Waals surface area contributed by atoms with E-state index in [1.54, 1.807) is 12.4 Å². The molecule has 0 aliphatic carbocycles. The lowest BCUT2D eigenvalue weighted by molar-refractivity contribution is -0.117. The second-order valence-electron chi connectivity index (χ2n) is 5.96. The van der Waals surface area contributed by atoms with Crippen LogP contribution in [0.1, 0.15) is 11.4 Å². The average molecular weight is 335 g/mol. The number of nitrogens with one attached hydrogen (secondary N) is 1. The first kappa shape index (κ1) is 16.9. The summed E-state index contributed by atoms with van der Waals surface area (Å²) in [5.74, 6) is 1.58. The first-order chi connectivity index (χ1) is 12.1. The van der Waals surface area contributed by atoms with E-state index in [4.69, 9.17) is 0 Å². The van der Waals surface area contributed by atoms with E-state index in [2.05, 4.69) is 27.4 Å². The van der Waals surface area contributed by atoms with Gasteiger partial charge in [0, 0.05) is 18.9 Å². The predicted molar refractivity (Wildman–Crippen MR) is 97.5 cm³/mol. The van der Waals surface area contributed by atoms with Crippen LogP contribution in [-0.2, 0) is 11.3 Å². The second kappa shape index (κ2) is 7.72. The van der Waals surface area contributed by atoms with E-state index < -0.39 is 0 Å². The standard InChI is InChI=1S/C19H21N5O/c1-15-20-10-11-24(15)18-9-8-17(12-21-18)22-19(25)14-23(2)13-16-6-4-3-5-7-16/h3-12H,13-14H2,1-2H3,(H,22,25). The van der Waals surface area contributed by atoms with Crippen molar-refractivity contribution in [3.05, 3.63) is 72.4 Å². The molecule has 0 aliphatic heterocycles. The van der Waals surface area contributed by atoms with Crippen molar-refractivity contribution in [3.63, 3.8) is 0 Å². The van der Waals surface area contributed by atoms with E-state index in [-0.39, 0.29) is 5.91 Å². The molecule has 0 fully saturated rings. The summed E-state index contributed by atoms with van der Waals surface area (Å²) in [7, 11) is 1.93. The van der Waals surface area contributed by atoms with E-state index in [9.17, 15) is 4.79 Å². The van der Waals surface area contributed by atoms with Crippen LogP contribution in [0, 0.1) is 6.92 Å². The normalized spacial score (nSPS) is 10.8. The molecule has 3 rings (SSSR count). The fraction of sp³-hybridized carbons (Fsp3) is 0.211. The lowest BCUT2D eigenvalue weighted by Gasteiger charge is -2.16. The number of hydrogen-bond acceptors (Lipinski definition) is 4. The Morgan fingerprint density at radius 1 is 1.16 bits per heavy atom. The van der Waals surface area contributed by atoms with Crippen LogP contribution in [0.4, 0.5) is 5.69 Å². The number of benzene rings is 1. The van der Waals surface area contributed by atoms with Crippen LogP contribution in [0.15, 0.2) is 61.1 Å². The zero-order valence-corrected chi connectivity index (χ0v) is 14.4. The average Bonchev–Trinajstić information content (AvgIpc) is 3.02. The Morgan fingerprint density at radius 3 is 2.60 bits per heavy atom. The Hall–Kier alpha value is -2.99. The van der Waals surface area contributed by atoms with Crippen LogP contribution in [-0.4, -0.2) is 38.9 Å². The summed E-state index contributed by atoms with van der Waals surface area (Å²) in [4.78, 5) is 22.7. The molecule has 0 spiro atoms. The number of likely N-dealkylation sites (N-methyl/N-ethyl adjacent to an activating group) is 1. The van der Waals surface area contributed by atoms with Gasteiger partial charge >= 0.3 is 0 Å². The molecule has 2 heterocycles. The van der Waals surface area contributed by atoms with Gasteiger partial charge in [-0.3, -0.25) is 14.3 Å². The summed E-state index contributed by atoms with van der Waals surface area (Å²) in [5.41, 5.74) is 1.86. The first-order valence-electron chi connectivity index (χ1n) is 8.10. The minimum atomic E-state index is -0.0632. The number of carbonyl (C=O) groups is 1. The minimum absolute atomic E-state index is 0.0632. The van der Waals surface area contributed by atoms with Crippen LogP contribution in [0.25, 0.3) is 5.82 Å². The van der Waals surface area contributed by atoms with E-state index in [0.717, 1.165) is 18.2 Å². The van der Waals surface area contributed by atoms with Gasteiger partial charge < -0.3 is 5.32 Å². The molecule has 3 aromatic rings. The highest BCUT2D eigenvalue weighted by Crippen LogP contribution is 2.11. The van der Waals surface area contributed by atoms with Crippen LogP contribution >= 0.6 is 0 Å².